The van der Waals surface area contributed by atoms with Crippen LogP contribution in [0.5, 0.6) is 11.5 Å². The van der Waals surface area contributed by atoms with Crippen LogP contribution in [0.2, 0.25) is 0 Å². The number of benzene rings is 2. The van der Waals surface area contributed by atoms with Crippen molar-refractivity contribution in [3.05, 3.63) is 70.2 Å². The third-order valence-electron chi connectivity index (χ3n) is 7.80. The zero-order chi connectivity index (χ0) is 30.0. The van der Waals surface area contributed by atoms with Gasteiger partial charge in [-0.1, -0.05) is 107 Å². The maximum absolute atomic E-state index is 12.6. The van der Waals surface area contributed by atoms with E-state index in [9.17, 15) is 4.79 Å². The number of hydrogen-bond acceptors (Lipinski definition) is 4. The van der Waals surface area contributed by atoms with Gasteiger partial charge in [0.2, 0.25) is 11.4 Å². The van der Waals surface area contributed by atoms with Crippen molar-refractivity contribution in [3.63, 3.8) is 0 Å². The number of hydrogen-bond donors (Lipinski definition) is 0. The van der Waals surface area contributed by atoms with Crippen LogP contribution >= 0.6 is 11.3 Å². The molecule has 5 nitrogen and oxygen atoms in total. The molecule has 7 heteroatoms. The topological polar surface area (TPSA) is 42.7 Å². The number of nitrogens with zero attached hydrogens (tertiary/aromatic N) is 2. The van der Waals surface area contributed by atoms with Crippen LogP contribution in [0.3, 0.4) is 0 Å². The van der Waals surface area contributed by atoms with E-state index < -0.39 is 0 Å². The van der Waals surface area contributed by atoms with Gasteiger partial charge in [0.1, 0.15) is 0 Å². The normalized spacial score (nSPS) is 10.8. The molecule has 0 N–H and O–H groups in total. The average molecular weight is 674 g/mol. The van der Waals surface area contributed by atoms with Crippen molar-refractivity contribution in [2.45, 2.75) is 111 Å². The van der Waals surface area contributed by atoms with Crippen LogP contribution in [-0.4, -0.2) is 26.2 Å². The third-order valence-corrected chi connectivity index (χ3v) is 8.65. The van der Waals surface area contributed by atoms with E-state index in [4.69, 9.17) is 9.47 Å². The van der Waals surface area contributed by atoms with Crippen LogP contribution < -0.4 is 35.9 Å². The van der Waals surface area contributed by atoms with E-state index in [-0.39, 0.29) is 22.9 Å². The number of carbonyl (C=O) groups is 1. The molecule has 0 aliphatic heterocycles. The first-order valence-corrected chi connectivity index (χ1v) is 17.0. The number of carbonyl (C=O) groups excluding carboxylic acids is 1. The van der Waals surface area contributed by atoms with Crippen LogP contribution in [0.25, 0.3) is 0 Å². The van der Waals surface area contributed by atoms with Crippen LogP contribution in [0.1, 0.15) is 107 Å². The molecule has 238 valence electrons. The largest absolute Gasteiger partial charge is 1.00 e. The van der Waals surface area contributed by atoms with E-state index in [0.717, 1.165) is 42.1 Å². The van der Waals surface area contributed by atoms with Crippen molar-refractivity contribution >= 4 is 22.9 Å². The number of ether oxygens (including phenoxy) is 2. The zero-order valence-electron chi connectivity index (χ0n) is 26.9. The van der Waals surface area contributed by atoms with Crippen molar-refractivity contribution < 1.29 is 35.8 Å². The quantitative estimate of drug-likeness (QED) is 0.102. The molecule has 1 amide bonds. The minimum atomic E-state index is 0. The lowest BCUT2D eigenvalue weighted by atomic mass is 10.1. The molecule has 0 aliphatic rings. The summed E-state index contributed by atoms with van der Waals surface area (Å²) in [5, 5.41) is 0. The third kappa shape index (κ3) is 13.9. The van der Waals surface area contributed by atoms with Crippen LogP contribution in [-0.2, 0) is 17.8 Å². The zero-order valence-corrected chi connectivity index (χ0v) is 29.3. The first-order valence-electron chi connectivity index (χ1n) is 16.1. The lowest BCUT2D eigenvalue weighted by Crippen LogP contribution is -3.00. The van der Waals surface area contributed by atoms with Crippen molar-refractivity contribution in [2.75, 3.05) is 25.2 Å². The predicted molar refractivity (Wildman–Crippen MR) is 176 cm³/mol. The Morgan fingerprint density at radius 1 is 0.860 bits per heavy atom. The van der Waals surface area contributed by atoms with Gasteiger partial charge in [-0.3, -0.25) is 4.79 Å². The molecular formula is C36H53BrN2O3S. The Balaban J connectivity index is 0.00000645. The summed E-state index contributed by atoms with van der Waals surface area (Å²) in [5.41, 5.74) is 5.36. The summed E-state index contributed by atoms with van der Waals surface area (Å²) < 4.78 is 13.9. The Hall–Kier alpha value is -2.38. The van der Waals surface area contributed by atoms with Gasteiger partial charge in [-0.25, -0.2) is 0 Å². The second kappa shape index (κ2) is 21.3. The first kappa shape index (κ1) is 36.8. The summed E-state index contributed by atoms with van der Waals surface area (Å²) in [4.78, 5) is 15.7. The maximum Gasteiger partial charge on any atom is 0.225 e. The molecule has 0 aliphatic carbocycles. The summed E-state index contributed by atoms with van der Waals surface area (Å²) in [6.07, 6.45) is 18.9. The number of aromatic nitrogens is 1. The average Bonchev–Trinajstić information content (AvgIpc) is 3.40. The van der Waals surface area contributed by atoms with Gasteiger partial charge < -0.3 is 31.4 Å². The van der Waals surface area contributed by atoms with E-state index in [1.165, 1.54) is 81.1 Å². The van der Waals surface area contributed by atoms with Gasteiger partial charge >= 0.3 is 0 Å². The summed E-state index contributed by atoms with van der Waals surface area (Å²) in [5.74, 6) is 1.59. The Labute approximate surface area is 275 Å². The smallest absolute Gasteiger partial charge is 0.225 e. The second-order valence-corrected chi connectivity index (χ2v) is 12.5. The van der Waals surface area contributed by atoms with Gasteiger partial charge in [0, 0.05) is 24.7 Å². The Morgan fingerprint density at radius 3 is 2.14 bits per heavy atom. The maximum atomic E-state index is 12.6. The number of anilines is 1. The highest BCUT2D eigenvalue weighted by atomic mass is 79.9. The Bertz CT molecular complexity index is 1200. The molecule has 1 aromatic heterocycles. The fraction of sp³-hybridized carbons (Fsp3) is 0.556. The Kier molecular flexibility index (Phi) is 18.3. The van der Waals surface area contributed by atoms with Crippen molar-refractivity contribution in [1.82, 2.24) is 0 Å². The van der Waals surface area contributed by atoms with Gasteiger partial charge in [-0.05, 0) is 49.6 Å². The van der Waals surface area contributed by atoms with Crippen molar-refractivity contribution in [1.29, 1.82) is 0 Å². The summed E-state index contributed by atoms with van der Waals surface area (Å²) in [7, 11) is 1.69. The standard InChI is InChI=1S/C36H53N2O3S.BrH/c1-5-6-7-8-9-10-11-12-13-14-15-16-24-41-35-21-20-32(26-36(35)40-4)22-23-38(31(3)39)34-19-17-18-33(25-34)28-37-27-30(2)42-29-37;/h17-21,25-27,29H,5-16,22-24,28H2,1-4H3;1H/q+1;/p-1. The number of amides is 1. The van der Waals surface area contributed by atoms with Crippen molar-refractivity contribution in [3.8, 4) is 11.5 Å². The Morgan fingerprint density at radius 2 is 1.53 bits per heavy atom. The molecule has 0 spiro atoms. The SMILES string of the molecule is CCCCCCCCCCCCCCOc1ccc(CCN(C(C)=O)c2cccc(C[n+]3csc(C)c3)c2)cc1OC.[Br-]. The van der Waals surface area contributed by atoms with E-state index in [2.05, 4.69) is 48.3 Å². The van der Waals surface area contributed by atoms with E-state index in [1.54, 1.807) is 25.4 Å². The molecule has 3 aromatic rings. The van der Waals surface area contributed by atoms with Gasteiger partial charge in [-0.2, -0.15) is 4.57 Å². The lowest BCUT2D eigenvalue weighted by Gasteiger charge is -2.22. The molecule has 0 unspecified atom stereocenters. The van der Waals surface area contributed by atoms with Crippen molar-refractivity contribution in [2.24, 2.45) is 0 Å². The number of unbranched alkanes of at least 4 members (excludes halogenated alkanes) is 11. The highest BCUT2D eigenvalue weighted by molar-refractivity contribution is 7.09. The highest BCUT2D eigenvalue weighted by Crippen LogP contribution is 2.29. The molecule has 0 saturated heterocycles. The summed E-state index contributed by atoms with van der Waals surface area (Å²) in [6, 6.07) is 14.4. The molecule has 0 saturated carbocycles. The van der Waals surface area contributed by atoms with Gasteiger partial charge in [0.15, 0.2) is 24.2 Å². The number of thiazole rings is 1. The molecule has 0 bridgehead atoms. The van der Waals surface area contributed by atoms with Crippen LogP contribution in [0.15, 0.2) is 54.2 Å². The van der Waals surface area contributed by atoms with Crippen LogP contribution in [0, 0.1) is 6.92 Å². The number of halogens is 1. The monoisotopic (exact) mass is 672 g/mol. The predicted octanol–water partition coefficient (Wildman–Crippen LogP) is 6.08. The van der Waals surface area contributed by atoms with E-state index in [1.807, 2.05) is 29.2 Å². The molecular weight excluding hydrogens is 620 g/mol. The molecule has 3 rings (SSSR count). The van der Waals surface area contributed by atoms with Gasteiger partial charge in [0.05, 0.1) is 18.6 Å². The summed E-state index contributed by atoms with van der Waals surface area (Å²) in [6.45, 7) is 8.14. The fourth-order valence-electron chi connectivity index (χ4n) is 5.38. The van der Waals surface area contributed by atoms with E-state index in [0.29, 0.717) is 13.2 Å². The lowest BCUT2D eigenvalue weighted by molar-refractivity contribution is -0.683. The fourth-order valence-corrected chi connectivity index (χ4v) is 6.02. The minimum absolute atomic E-state index is 0. The number of aryl methyl sites for hydroxylation is 1. The van der Waals surface area contributed by atoms with E-state index >= 15 is 0 Å². The first-order chi connectivity index (χ1) is 20.5. The van der Waals surface area contributed by atoms with Gasteiger partial charge in [0.25, 0.3) is 0 Å². The molecule has 43 heavy (non-hydrogen) atoms. The molecule has 0 atom stereocenters. The molecule has 2 aromatic carbocycles. The molecule has 0 fully saturated rings. The number of rotatable bonds is 21. The number of methoxy groups -OCH3 is 1. The van der Waals surface area contributed by atoms with Gasteiger partial charge in [-0.15, -0.1) is 0 Å². The highest BCUT2D eigenvalue weighted by Gasteiger charge is 2.15. The minimum Gasteiger partial charge on any atom is -1.00 e. The second-order valence-electron chi connectivity index (χ2n) is 11.4. The molecule has 1 heterocycles. The van der Waals surface area contributed by atoms with Crippen LogP contribution in [0.4, 0.5) is 5.69 Å². The summed E-state index contributed by atoms with van der Waals surface area (Å²) >= 11 is 1.74. The molecule has 0 radical (unpaired) electrons.